The molecule has 1 aliphatic rings. The molecule has 9 heteroatoms. The molecule has 2 aromatic rings. The summed E-state index contributed by atoms with van der Waals surface area (Å²) in [6.07, 6.45) is -7.00. The van der Waals surface area contributed by atoms with Crippen LogP contribution in [0, 0.1) is 5.95 Å². The average Bonchev–Trinajstić information content (AvgIpc) is 2.83. The Labute approximate surface area is 126 Å². The SMILES string of the molecule is OC1c2c(C(F)(F)F)cn(-c3ccnc(F)c3)c2CCC1(F)F. The number of alkyl halides is 5. The van der Waals surface area contributed by atoms with Crippen molar-refractivity contribution in [2.75, 3.05) is 0 Å². The summed E-state index contributed by atoms with van der Waals surface area (Å²) in [4.78, 5) is 3.30. The second-order valence-electron chi connectivity index (χ2n) is 5.27. The third kappa shape index (κ3) is 2.58. The molecule has 124 valence electrons. The van der Waals surface area contributed by atoms with Crippen LogP contribution in [0.25, 0.3) is 5.69 Å². The molecule has 0 amide bonds. The van der Waals surface area contributed by atoms with E-state index in [-0.39, 0.29) is 17.8 Å². The standard InChI is InChI=1S/C14H10F6N2O/c15-10-5-7(2-4-21-10)22-6-8(14(18,19)20)11-9(22)1-3-13(16,17)12(11)23/h2,4-6,12,23H,1,3H2. The predicted molar refractivity (Wildman–Crippen MR) is 66.8 cm³/mol. The Morgan fingerprint density at radius 2 is 2.00 bits per heavy atom. The third-order valence-electron chi connectivity index (χ3n) is 3.81. The Balaban J connectivity index is 2.25. The number of hydrogen-bond donors (Lipinski definition) is 1. The van der Waals surface area contributed by atoms with Crippen molar-refractivity contribution in [3.05, 3.63) is 47.3 Å². The van der Waals surface area contributed by atoms with E-state index in [2.05, 4.69) is 4.98 Å². The van der Waals surface area contributed by atoms with E-state index in [1.807, 2.05) is 0 Å². The summed E-state index contributed by atoms with van der Waals surface area (Å²) in [6.45, 7) is 0. The van der Waals surface area contributed by atoms with E-state index in [1.54, 1.807) is 0 Å². The van der Waals surface area contributed by atoms with Crippen molar-refractivity contribution < 1.29 is 31.4 Å². The maximum Gasteiger partial charge on any atom is 0.418 e. The highest BCUT2D eigenvalue weighted by molar-refractivity contribution is 5.46. The van der Waals surface area contributed by atoms with Crippen molar-refractivity contribution in [1.29, 1.82) is 0 Å². The number of nitrogens with zero attached hydrogens (tertiary/aromatic N) is 2. The molecule has 0 saturated heterocycles. The molecular weight excluding hydrogens is 326 g/mol. The summed E-state index contributed by atoms with van der Waals surface area (Å²) >= 11 is 0. The van der Waals surface area contributed by atoms with Crippen LogP contribution in [-0.2, 0) is 12.6 Å². The van der Waals surface area contributed by atoms with E-state index in [0.717, 1.165) is 16.8 Å². The van der Waals surface area contributed by atoms with Crippen LogP contribution in [-0.4, -0.2) is 20.6 Å². The van der Waals surface area contributed by atoms with Gasteiger partial charge in [0, 0.05) is 36.1 Å². The first kappa shape index (κ1) is 15.9. The van der Waals surface area contributed by atoms with Gasteiger partial charge in [-0.15, -0.1) is 0 Å². The molecular formula is C14H10F6N2O. The van der Waals surface area contributed by atoms with Crippen molar-refractivity contribution in [2.45, 2.75) is 31.0 Å². The van der Waals surface area contributed by atoms with Gasteiger partial charge in [0.15, 0.2) is 0 Å². The minimum Gasteiger partial charge on any atom is -0.382 e. The number of aromatic nitrogens is 2. The van der Waals surface area contributed by atoms with E-state index in [4.69, 9.17) is 0 Å². The van der Waals surface area contributed by atoms with Crippen LogP contribution >= 0.6 is 0 Å². The van der Waals surface area contributed by atoms with Gasteiger partial charge in [-0.25, -0.2) is 13.8 Å². The molecule has 2 aromatic heterocycles. The second-order valence-corrected chi connectivity index (χ2v) is 5.27. The minimum absolute atomic E-state index is 0.0154. The molecule has 1 unspecified atom stereocenters. The normalized spacial score (nSPS) is 20.4. The molecule has 1 aliphatic carbocycles. The number of aliphatic hydroxyl groups is 1. The average molecular weight is 336 g/mol. The van der Waals surface area contributed by atoms with E-state index in [1.165, 1.54) is 6.07 Å². The fraction of sp³-hybridized carbons (Fsp3) is 0.357. The van der Waals surface area contributed by atoms with Gasteiger partial charge in [0.1, 0.15) is 6.10 Å². The van der Waals surface area contributed by atoms with Crippen LogP contribution in [0.3, 0.4) is 0 Å². The minimum atomic E-state index is -4.92. The molecule has 2 heterocycles. The molecule has 0 radical (unpaired) electrons. The molecule has 0 saturated carbocycles. The van der Waals surface area contributed by atoms with Crippen LogP contribution in [0.1, 0.15) is 29.3 Å². The first-order valence-corrected chi connectivity index (χ1v) is 6.60. The summed E-state index contributed by atoms with van der Waals surface area (Å²) in [6, 6.07) is 2.14. The molecule has 3 nitrogen and oxygen atoms in total. The van der Waals surface area contributed by atoms with Crippen molar-refractivity contribution in [1.82, 2.24) is 9.55 Å². The van der Waals surface area contributed by atoms with E-state index in [9.17, 15) is 31.4 Å². The molecule has 0 bridgehead atoms. The molecule has 0 fully saturated rings. The van der Waals surface area contributed by atoms with Crippen LogP contribution in [0.2, 0.25) is 0 Å². The van der Waals surface area contributed by atoms with Gasteiger partial charge in [0.25, 0.3) is 5.92 Å². The lowest BCUT2D eigenvalue weighted by molar-refractivity contribution is -0.147. The van der Waals surface area contributed by atoms with E-state index >= 15 is 0 Å². The van der Waals surface area contributed by atoms with Crippen molar-refractivity contribution in [3.63, 3.8) is 0 Å². The molecule has 0 aliphatic heterocycles. The Hall–Kier alpha value is -2.03. The van der Waals surface area contributed by atoms with Crippen molar-refractivity contribution in [2.24, 2.45) is 0 Å². The summed E-state index contributed by atoms with van der Waals surface area (Å²) in [5.41, 5.74) is -2.30. The van der Waals surface area contributed by atoms with Crippen LogP contribution in [0.5, 0.6) is 0 Å². The number of rotatable bonds is 1. The first-order chi connectivity index (χ1) is 10.6. The van der Waals surface area contributed by atoms with Crippen LogP contribution < -0.4 is 0 Å². The summed E-state index contributed by atoms with van der Waals surface area (Å²) < 4.78 is 80.9. The summed E-state index contributed by atoms with van der Waals surface area (Å²) in [7, 11) is 0. The number of halogens is 6. The summed E-state index contributed by atoms with van der Waals surface area (Å²) in [5, 5.41) is 9.70. The Kier molecular flexibility index (Phi) is 3.44. The zero-order chi connectivity index (χ0) is 17.0. The van der Waals surface area contributed by atoms with Gasteiger partial charge in [-0.05, 0) is 12.5 Å². The molecule has 0 spiro atoms. The molecule has 23 heavy (non-hydrogen) atoms. The first-order valence-electron chi connectivity index (χ1n) is 6.60. The van der Waals surface area contributed by atoms with Gasteiger partial charge in [-0.1, -0.05) is 0 Å². The number of aliphatic hydroxyl groups excluding tert-OH is 1. The highest BCUT2D eigenvalue weighted by Crippen LogP contribution is 2.48. The Bertz CT molecular complexity index is 752. The molecule has 0 aromatic carbocycles. The quantitative estimate of drug-likeness (QED) is 0.638. The van der Waals surface area contributed by atoms with Crippen LogP contribution in [0.4, 0.5) is 26.3 Å². The zero-order valence-corrected chi connectivity index (χ0v) is 11.4. The summed E-state index contributed by atoms with van der Waals surface area (Å²) in [5.74, 6) is -4.57. The monoisotopic (exact) mass is 336 g/mol. The van der Waals surface area contributed by atoms with Gasteiger partial charge >= 0.3 is 6.18 Å². The molecule has 1 atom stereocenters. The van der Waals surface area contributed by atoms with E-state index in [0.29, 0.717) is 6.20 Å². The lowest BCUT2D eigenvalue weighted by Crippen LogP contribution is -2.33. The maximum atomic E-state index is 13.6. The predicted octanol–water partition coefficient (Wildman–Crippen LogP) is 3.65. The molecule has 3 rings (SSSR count). The zero-order valence-electron chi connectivity index (χ0n) is 11.4. The Morgan fingerprint density at radius 1 is 1.30 bits per heavy atom. The fourth-order valence-electron chi connectivity index (χ4n) is 2.75. The van der Waals surface area contributed by atoms with Gasteiger partial charge in [-0.2, -0.15) is 17.6 Å². The largest absolute Gasteiger partial charge is 0.418 e. The van der Waals surface area contributed by atoms with Gasteiger partial charge in [-0.3, -0.25) is 0 Å². The second kappa shape index (κ2) is 4.98. The van der Waals surface area contributed by atoms with Gasteiger partial charge in [0.2, 0.25) is 5.95 Å². The molecule has 1 N–H and O–H groups in total. The number of hydrogen-bond acceptors (Lipinski definition) is 2. The van der Waals surface area contributed by atoms with E-state index < -0.39 is 41.7 Å². The third-order valence-corrected chi connectivity index (χ3v) is 3.81. The fourth-order valence-corrected chi connectivity index (χ4v) is 2.75. The Morgan fingerprint density at radius 3 is 2.61 bits per heavy atom. The van der Waals surface area contributed by atoms with Gasteiger partial charge < -0.3 is 9.67 Å². The maximum absolute atomic E-state index is 13.6. The van der Waals surface area contributed by atoms with Gasteiger partial charge in [0.05, 0.1) is 11.3 Å². The highest BCUT2D eigenvalue weighted by Gasteiger charge is 2.50. The number of fused-ring (bicyclic) bond motifs is 1. The lowest BCUT2D eigenvalue weighted by atomic mass is 9.89. The number of pyridine rings is 1. The smallest absolute Gasteiger partial charge is 0.382 e. The highest BCUT2D eigenvalue weighted by atomic mass is 19.4. The van der Waals surface area contributed by atoms with Crippen molar-refractivity contribution >= 4 is 0 Å². The van der Waals surface area contributed by atoms with Crippen LogP contribution in [0.15, 0.2) is 24.5 Å². The van der Waals surface area contributed by atoms with Crippen molar-refractivity contribution in [3.8, 4) is 5.69 Å². The lowest BCUT2D eigenvalue weighted by Gasteiger charge is -2.29. The topological polar surface area (TPSA) is 38.0 Å².